The first-order valence-electron chi connectivity index (χ1n) is 10.7. The molecule has 1 aliphatic heterocycles. The Kier molecular flexibility index (Phi) is 8.01. The first-order chi connectivity index (χ1) is 14.9. The number of sulfonamides is 1. The fourth-order valence-electron chi connectivity index (χ4n) is 3.54. The molecule has 166 valence electrons. The van der Waals surface area contributed by atoms with Crippen LogP contribution in [-0.2, 0) is 27.9 Å². The van der Waals surface area contributed by atoms with Crippen LogP contribution in [-0.4, -0.2) is 39.4 Å². The van der Waals surface area contributed by atoms with Gasteiger partial charge in [0.2, 0.25) is 15.9 Å². The largest absolute Gasteiger partial charge is 0.348 e. The van der Waals surface area contributed by atoms with E-state index in [0.717, 1.165) is 23.6 Å². The fourth-order valence-corrected chi connectivity index (χ4v) is 4.27. The van der Waals surface area contributed by atoms with Gasteiger partial charge in [0.25, 0.3) is 0 Å². The lowest BCUT2D eigenvalue weighted by atomic mass is 9.99. The topological polar surface area (TPSA) is 78.5 Å². The maximum Gasteiger partial charge on any atom is 0.244 e. The second kappa shape index (κ2) is 10.7. The number of rotatable bonds is 8. The summed E-state index contributed by atoms with van der Waals surface area (Å²) in [6, 6.07) is 14.7. The first kappa shape index (κ1) is 23.2. The molecule has 1 fully saturated rings. The molecule has 1 amide bonds. The van der Waals surface area contributed by atoms with Crippen molar-refractivity contribution in [2.75, 3.05) is 20.1 Å². The van der Waals surface area contributed by atoms with Crippen molar-refractivity contribution in [2.45, 2.75) is 37.8 Å². The first-order valence-corrected chi connectivity index (χ1v) is 12.1. The van der Waals surface area contributed by atoms with Crippen LogP contribution in [0.2, 0.25) is 0 Å². The van der Waals surface area contributed by atoms with Gasteiger partial charge in [-0.05, 0) is 73.8 Å². The highest BCUT2D eigenvalue weighted by molar-refractivity contribution is 7.89. The number of amides is 1. The van der Waals surface area contributed by atoms with Gasteiger partial charge in [-0.2, -0.15) is 0 Å². The predicted octanol–water partition coefficient (Wildman–Crippen LogP) is 3.16. The average molecular weight is 442 g/mol. The van der Waals surface area contributed by atoms with Crippen molar-refractivity contribution < 1.29 is 13.2 Å². The van der Waals surface area contributed by atoms with E-state index in [4.69, 9.17) is 0 Å². The Bertz CT molecular complexity index is 991. The van der Waals surface area contributed by atoms with Gasteiger partial charge in [-0.25, -0.2) is 13.1 Å². The number of nitrogens with zero attached hydrogens (tertiary/aromatic N) is 1. The molecule has 0 aliphatic carbocycles. The molecule has 2 N–H and O–H groups in total. The molecule has 7 heteroatoms. The number of carbonyl (C=O) groups is 1. The highest BCUT2D eigenvalue weighted by Gasteiger charge is 2.15. The van der Waals surface area contributed by atoms with Gasteiger partial charge in [-0.1, -0.05) is 43.3 Å². The van der Waals surface area contributed by atoms with Crippen molar-refractivity contribution in [1.82, 2.24) is 14.9 Å². The highest BCUT2D eigenvalue weighted by Crippen LogP contribution is 2.18. The maximum absolute atomic E-state index is 12.1. The van der Waals surface area contributed by atoms with Gasteiger partial charge in [0.15, 0.2) is 0 Å². The summed E-state index contributed by atoms with van der Waals surface area (Å²) < 4.78 is 25.7. The van der Waals surface area contributed by atoms with Crippen LogP contribution >= 0.6 is 0 Å². The van der Waals surface area contributed by atoms with Crippen molar-refractivity contribution in [1.29, 1.82) is 0 Å². The Balaban J connectivity index is 1.46. The van der Waals surface area contributed by atoms with Crippen LogP contribution in [0.25, 0.3) is 6.08 Å². The summed E-state index contributed by atoms with van der Waals surface area (Å²) in [5.41, 5.74) is 3.11. The van der Waals surface area contributed by atoms with E-state index in [-0.39, 0.29) is 10.8 Å². The molecule has 0 saturated carbocycles. The van der Waals surface area contributed by atoms with E-state index >= 15 is 0 Å². The summed E-state index contributed by atoms with van der Waals surface area (Å²) in [6.45, 7) is 6.10. The van der Waals surface area contributed by atoms with Crippen LogP contribution in [0.4, 0.5) is 0 Å². The third-order valence-electron chi connectivity index (χ3n) is 5.66. The lowest BCUT2D eigenvalue weighted by Gasteiger charge is -2.30. The number of carbonyl (C=O) groups excluding carboxylic acids is 1. The predicted molar refractivity (Wildman–Crippen MR) is 124 cm³/mol. The molecule has 0 radical (unpaired) electrons. The van der Waals surface area contributed by atoms with Crippen molar-refractivity contribution in [3.05, 3.63) is 71.3 Å². The Morgan fingerprint density at radius 3 is 2.26 bits per heavy atom. The van der Waals surface area contributed by atoms with E-state index in [0.29, 0.717) is 6.54 Å². The number of benzene rings is 2. The summed E-state index contributed by atoms with van der Waals surface area (Å²) >= 11 is 0. The minimum Gasteiger partial charge on any atom is -0.348 e. The number of piperidine rings is 1. The minimum atomic E-state index is -3.46. The third-order valence-corrected chi connectivity index (χ3v) is 7.09. The molecule has 31 heavy (non-hydrogen) atoms. The van der Waals surface area contributed by atoms with Crippen molar-refractivity contribution >= 4 is 22.0 Å². The zero-order chi connectivity index (χ0) is 22.3. The molecule has 1 saturated heterocycles. The molecule has 6 nitrogen and oxygen atoms in total. The number of nitrogens with one attached hydrogen (secondary N) is 2. The van der Waals surface area contributed by atoms with Crippen molar-refractivity contribution in [3.8, 4) is 0 Å². The fraction of sp³-hybridized carbons (Fsp3) is 0.375. The average Bonchev–Trinajstić information content (AvgIpc) is 2.79. The Morgan fingerprint density at radius 2 is 1.65 bits per heavy atom. The molecule has 0 unspecified atom stereocenters. The van der Waals surface area contributed by atoms with Gasteiger partial charge in [0.05, 0.1) is 4.90 Å². The van der Waals surface area contributed by atoms with E-state index in [9.17, 15) is 13.2 Å². The summed E-state index contributed by atoms with van der Waals surface area (Å²) in [6.07, 6.45) is 5.66. The lowest BCUT2D eigenvalue weighted by molar-refractivity contribution is -0.116. The zero-order valence-electron chi connectivity index (χ0n) is 18.2. The molecule has 0 aromatic heterocycles. The third kappa shape index (κ3) is 7.02. The van der Waals surface area contributed by atoms with Crippen LogP contribution in [0.15, 0.2) is 59.5 Å². The second-order valence-corrected chi connectivity index (χ2v) is 9.99. The lowest BCUT2D eigenvalue weighted by Crippen LogP contribution is -2.32. The standard InChI is InChI=1S/C24H31N3O3S/c1-19-13-15-27(16-14-19)18-22-5-3-21(4-6-22)17-26-24(28)12-9-20-7-10-23(11-8-20)31(29,30)25-2/h3-12,19,25H,13-18H2,1-2H3,(H,26,28)/b12-9+. The molecule has 0 spiro atoms. The molecular formula is C24H31N3O3S. The summed E-state index contributed by atoms with van der Waals surface area (Å²) in [4.78, 5) is 14.8. The quantitative estimate of drug-likeness (QED) is 0.617. The van der Waals surface area contributed by atoms with E-state index in [1.165, 1.54) is 56.8 Å². The molecular weight excluding hydrogens is 410 g/mol. The normalized spacial score (nSPS) is 15.9. The second-order valence-electron chi connectivity index (χ2n) is 8.10. The van der Waals surface area contributed by atoms with Crippen LogP contribution in [0, 0.1) is 5.92 Å². The summed E-state index contributed by atoms with van der Waals surface area (Å²) in [5.74, 6) is 0.642. The summed E-state index contributed by atoms with van der Waals surface area (Å²) in [7, 11) is -2.08. The van der Waals surface area contributed by atoms with E-state index in [1.807, 2.05) is 0 Å². The number of likely N-dealkylation sites (tertiary alicyclic amines) is 1. The van der Waals surface area contributed by atoms with Crippen molar-refractivity contribution in [3.63, 3.8) is 0 Å². The molecule has 0 bridgehead atoms. The SMILES string of the molecule is CNS(=O)(=O)c1ccc(/C=C/C(=O)NCc2ccc(CN3CCC(C)CC3)cc2)cc1. The van der Waals surface area contributed by atoms with Gasteiger partial charge in [0, 0.05) is 19.2 Å². The molecule has 1 heterocycles. The molecule has 0 atom stereocenters. The Hall–Kier alpha value is -2.48. The van der Waals surface area contributed by atoms with E-state index < -0.39 is 10.0 Å². The molecule has 3 rings (SSSR count). The van der Waals surface area contributed by atoms with Crippen LogP contribution in [0.3, 0.4) is 0 Å². The van der Waals surface area contributed by atoms with E-state index in [1.54, 1.807) is 18.2 Å². The minimum absolute atomic E-state index is 0.190. The van der Waals surface area contributed by atoms with Crippen molar-refractivity contribution in [2.24, 2.45) is 5.92 Å². The maximum atomic E-state index is 12.1. The van der Waals surface area contributed by atoms with Gasteiger partial charge in [-0.15, -0.1) is 0 Å². The highest BCUT2D eigenvalue weighted by atomic mass is 32.2. The van der Waals surface area contributed by atoms with Crippen LogP contribution < -0.4 is 10.0 Å². The Labute approximate surface area is 185 Å². The molecule has 2 aromatic carbocycles. The molecule has 2 aromatic rings. The zero-order valence-corrected chi connectivity index (χ0v) is 19.0. The van der Waals surface area contributed by atoms with Gasteiger partial charge in [0.1, 0.15) is 0 Å². The number of hydrogen-bond acceptors (Lipinski definition) is 4. The smallest absolute Gasteiger partial charge is 0.244 e. The van der Waals surface area contributed by atoms with Gasteiger partial charge in [-0.3, -0.25) is 9.69 Å². The molecule has 1 aliphatic rings. The van der Waals surface area contributed by atoms with E-state index in [2.05, 4.69) is 46.1 Å². The van der Waals surface area contributed by atoms with Crippen LogP contribution in [0.5, 0.6) is 0 Å². The van der Waals surface area contributed by atoms with Gasteiger partial charge >= 0.3 is 0 Å². The number of hydrogen-bond donors (Lipinski definition) is 2. The Morgan fingerprint density at radius 1 is 1.03 bits per heavy atom. The van der Waals surface area contributed by atoms with Crippen LogP contribution in [0.1, 0.15) is 36.5 Å². The summed E-state index contributed by atoms with van der Waals surface area (Å²) in [5, 5.41) is 2.88. The van der Waals surface area contributed by atoms with Gasteiger partial charge < -0.3 is 5.32 Å². The monoisotopic (exact) mass is 441 g/mol.